The monoisotopic (exact) mass is 430 g/mol. The summed E-state index contributed by atoms with van der Waals surface area (Å²) in [7, 11) is 0. The lowest BCUT2D eigenvalue weighted by Gasteiger charge is -2.11. The number of anilines is 2. The third-order valence-corrected chi connectivity index (χ3v) is 5.72. The fraction of sp³-hybridized carbons (Fsp3) is 0.125. The van der Waals surface area contributed by atoms with Gasteiger partial charge in [0, 0.05) is 12.2 Å². The lowest BCUT2D eigenvalue weighted by Crippen LogP contribution is -2.19. The highest BCUT2D eigenvalue weighted by molar-refractivity contribution is 7.99. The third-order valence-electron chi connectivity index (χ3n) is 4.75. The van der Waals surface area contributed by atoms with Crippen LogP contribution in [0.15, 0.2) is 84.0 Å². The van der Waals surface area contributed by atoms with Crippen LogP contribution in [0.3, 0.4) is 0 Å². The molecule has 0 aliphatic heterocycles. The number of thioether (sulfide) groups is 1. The quantitative estimate of drug-likeness (QED) is 0.403. The summed E-state index contributed by atoms with van der Waals surface area (Å²) in [6.45, 7) is 2.83. The molecule has 0 fully saturated rings. The molecule has 0 bridgehead atoms. The van der Waals surface area contributed by atoms with E-state index in [4.69, 9.17) is 0 Å². The molecule has 0 saturated heterocycles. The molecule has 3 aromatic carbocycles. The van der Waals surface area contributed by atoms with Crippen molar-refractivity contribution in [1.29, 1.82) is 0 Å². The zero-order valence-corrected chi connectivity index (χ0v) is 17.9. The van der Waals surface area contributed by atoms with Crippen LogP contribution < -0.4 is 10.6 Å². The van der Waals surface area contributed by atoms with Crippen molar-refractivity contribution in [3.8, 4) is 0 Å². The second-order valence-corrected chi connectivity index (χ2v) is 7.77. The summed E-state index contributed by atoms with van der Waals surface area (Å²) in [5, 5.41) is 6.51. The van der Waals surface area contributed by atoms with Crippen LogP contribution in [0.2, 0.25) is 0 Å². The average molecular weight is 431 g/mol. The largest absolute Gasteiger partial charge is 0.325 e. The van der Waals surface area contributed by atoms with Crippen LogP contribution in [0, 0.1) is 0 Å². The summed E-state index contributed by atoms with van der Waals surface area (Å²) >= 11 is 1.38. The molecule has 4 aromatic rings. The molecule has 0 unspecified atom stereocenters. The van der Waals surface area contributed by atoms with Gasteiger partial charge in [0.2, 0.25) is 5.91 Å². The molecular formula is C24H22N4O2S. The predicted octanol–water partition coefficient (Wildman–Crippen LogP) is 5.04. The lowest BCUT2D eigenvalue weighted by molar-refractivity contribution is -0.113. The Balaban J connectivity index is 1.44. The number of hydrogen-bond donors (Lipinski definition) is 2. The number of para-hydroxylation sites is 4. The zero-order valence-electron chi connectivity index (χ0n) is 17.0. The Morgan fingerprint density at radius 3 is 2.42 bits per heavy atom. The number of nitrogens with zero attached hydrogens (tertiary/aromatic N) is 2. The van der Waals surface area contributed by atoms with Crippen LogP contribution in [0.4, 0.5) is 11.4 Å². The number of hydrogen-bond acceptors (Lipinski definition) is 4. The summed E-state index contributed by atoms with van der Waals surface area (Å²) in [5.41, 5.74) is 3.55. The van der Waals surface area contributed by atoms with Crippen molar-refractivity contribution in [2.75, 3.05) is 16.4 Å². The maximum atomic E-state index is 12.7. The van der Waals surface area contributed by atoms with E-state index in [1.54, 1.807) is 24.3 Å². The predicted molar refractivity (Wildman–Crippen MR) is 126 cm³/mol. The molecule has 1 aromatic heterocycles. The summed E-state index contributed by atoms with van der Waals surface area (Å²) in [6.07, 6.45) is 0. The van der Waals surface area contributed by atoms with E-state index < -0.39 is 0 Å². The van der Waals surface area contributed by atoms with Crippen LogP contribution >= 0.6 is 11.8 Å². The first-order valence-corrected chi connectivity index (χ1v) is 11.0. The van der Waals surface area contributed by atoms with E-state index >= 15 is 0 Å². The topological polar surface area (TPSA) is 76.0 Å². The van der Waals surface area contributed by atoms with Crippen LogP contribution in [-0.2, 0) is 11.3 Å². The third kappa shape index (κ3) is 4.78. The molecule has 6 nitrogen and oxygen atoms in total. The highest BCUT2D eigenvalue weighted by Gasteiger charge is 2.15. The molecule has 0 aliphatic carbocycles. The van der Waals surface area contributed by atoms with Crippen molar-refractivity contribution < 1.29 is 9.59 Å². The fourth-order valence-electron chi connectivity index (χ4n) is 3.30. The van der Waals surface area contributed by atoms with Gasteiger partial charge >= 0.3 is 0 Å². The van der Waals surface area contributed by atoms with E-state index in [-0.39, 0.29) is 17.6 Å². The Morgan fingerprint density at radius 1 is 0.903 bits per heavy atom. The zero-order chi connectivity index (χ0) is 21.6. The number of aryl methyl sites for hydroxylation is 1. The van der Waals surface area contributed by atoms with Gasteiger partial charge in [-0.3, -0.25) is 9.59 Å². The maximum absolute atomic E-state index is 12.7. The molecule has 0 radical (unpaired) electrons. The first kappa shape index (κ1) is 20.7. The second-order valence-electron chi connectivity index (χ2n) is 6.83. The SMILES string of the molecule is CCn1c(SCC(=O)Nc2ccccc2C(=O)Nc2ccccc2)nc2ccccc21. The van der Waals surface area contributed by atoms with E-state index in [0.29, 0.717) is 16.9 Å². The number of amides is 2. The smallest absolute Gasteiger partial charge is 0.257 e. The van der Waals surface area contributed by atoms with Gasteiger partial charge in [0.05, 0.1) is 28.0 Å². The minimum absolute atomic E-state index is 0.192. The van der Waals surface area contributed by atoms with Crippen molar-refractivity contribution in [2.24, 2.45) is 0 Å². The van der Waals surface area contributed by atoms with Gasteiger partial charge in [0.15, 0.2) is 5.16 Å². The van der Waals surface area contributed by atoms with Crippen molar-refractivity contribution >= 4 is 46.0 Å². The Bertz CT molecular complexity index is 1220. The number of aromatic nitrogens is 2. The van der Waals surface area contributed by atoms with E-state index in [0.717, 1.165) is 22.7 Å². The Labute approximate surface area is 184 Å². The van der Waals surface area contributed by atoms with Crippen molar-refractivity contribution in [3.63, 3.8) is 0 Å². The number of imidazole rings is 1. The van der Waals surface area contributed by atoms with E-state index in [1.807, 2.05) is 54.6 Å². The van der Waals surface area contributed by atoms with E-state index in [2.05, 4.69) is 27.1 Å². The van der Waals surface area contributed by atoms with Crippen LogP contribution in [0.5, 0.6) is 0 Å². The first-order valence-electron chi connectivity index (χ1n) is 9.99. The molecule has 2 N–H and O–H groups in total. The van der Waals surface area contributed by atoms with Gasteiger partial charge in [0.1, 0.15) is 0 Å². The van der Waals surface area contributed by atoms with Gasteiger partial charge in [-0.05, 0) is 43.3 Å². The molecule has 2 amide bonds. The maximum Gasteiger partial charge on any atom is 0.257 e. The van der Waals surface area contributed by atoms with E-state index in [9.17, 15) is 9.59 Å². The van der Waals surface area contributed by atoms with Gasteiger partial charge in [-0.25, -0.2) is 4.98 Å². The molecule has 156 valence electrons. The summed E-state index contributed by atoms with van der Waals surface area (Å²) in [5.74, 6) is -0.278. The Morgan fingerprint density at radius 2 is 1.61 bits per heavy atom. The standard InChI is InChI=1S/C24H22N4O2S/c1-2-28-21-15-9-8-14-20(21)27-24(28)31-16-22(29)26-19-13-7-6-12-18(19)23(30)25-17-10-4-3-5-11-17/h3-15H,2,16H2,1H3,(H,25,30)(H,26,29). The molecule has 31 heavy (non-hydrogen) atoms. The second kappa shape index (κ2) is 9.49. The van der Waals surface area contributed by atoms with Gasteiger partial charge in [-0.2, -0.15) is 0 Å². The van der Waals surface area contributed by atoms with Gasteiger partial charge in [-0.1, -0.05) is 54.2 Å². The minimum atomic E-state index is -0.275. The molecule has 7 heteroatoms. The molecule has 1 heterocycles. The first-order chi connectivity index (χ1) is 15.2. The number of carbonyl (C=O) groups is 2. The van der Waals surface area contributed by atoms with Crippen molar-refractivity contribution in [2.45, 2.75) is 18.6 Å². The number of fused-ring (bicyclic) bond motifs is 1. The molecule has 4 rings (SSSR count). The minimum Gasteiger partial charge on any atom is -0.325 e. The molecule has 0 aliphatic rings. The van der Waals surface area contributed by atoms with Crippen molar-refractivity contribution in [1.82, 2.24) is 9.55 Å². The van der Waals surface area contributed by atoms with Crippen LogP contribution in [0.1, 0.15) is 17.3 Å². The fourth-order valence-corrected chi connectivity index (χ4v) is 4.17. The number of carbonyl (C=O) groups excluding carboxylic acids is 2. The van der Waals surface area contributed by atoms with Crippen molar-refractivity contribution in [3.05, 3.63) is 84.4 Å². The van der Waals surface area contributed by atoms with Gasteiger partial charge in [-0.15, -0.1) is 0 Å². The highest BCUT2D eigenvalue weighted by Crippen LogP contribution is 2.24. The molecule has 0 saturated carbocycles. The van der Waals surface area contributed by atoms with E-state index in [1.165, 1.54) is 11.8 Å². The number of benzene rings is 3. The summed E-state index contributed by atoms with van der Waals surface area (Å²) in [4.78, 5) is 30.0. The summed E-state index contributed by atoms with van der Waals surface area (Å²) < 4.78 is 2.09. The molecular weight excluding hydrogens is 408 g/mol. The average Bonchev–Trinajstić information content (AvgIpc) is 3.16. The van der Waals surface area contributed by atoms with Crippen LogP contribution in [0.25, 0.3) is 11.0 Å². The Kier molecular flexibility index (Phi) is 6.33. The number of rotatable bonds is 7. The van der Waals surface area contributed by atoms with Gasteiger partial charge in [0.25, 0.3) is 5.91 Å². The lowest BCUT2D eigenvalue weighted by atomic mass is 10.1. The molecule has 0 spiro atoms. The van der Waals surface area contributed by atoms with Crippen LogP contribution in [-0.4, -0.2) is 27.1 Å². The highest BCUT2D eigenvalue weighted by atomic mass is 32.2. The Hall–Kier alpha value is -3.58. The summed E-state index contributed by atoms with van der Waals surface area (Å²) in [6, 6.07) is 24.1. The number of nitrogens with one attached hydrogen (secondary N) is 2. The normalized spacial score (nSPS) is 10.7. The molecule has 0 atom stereocenters. The van der Waals surface area contributed by atoms with Gasteiger partial charge < -0.3 is 15.2 Å².